The Morgan fingerprint density at radius 1 is 1.36 bits per heavy atom. The second-order valence-electron chi connectivity index (χ2n) is 5.83. The molecule has 1 amide bonds. The van der Waals surface area contributed by atoms with Gasteiger partial charge in [0.2, 0.25) is 5.91 Å². The van der Waals surface area contributed by atoms with Gasteiger partial charge in [-0.05, 0) is 24.0 Å². The molecule has 0 aliphatic carbocycles. The number of carbonyl (C=O) groups excluding carboxylic acids is 1. The molecule has 132 valence electrons. The van der Waals surface area contributed by atoms with Crippen LogP contribution in [0.25, 0.3) is 0 Å². The van der Waals surface area contributed by atoms with E-state index >= 15 is 0 Å². The lowest BCUT2D eigenvalue weighted by Crippen LogP contribution is -2.25. The third kappa shape index (κ3) is 3.70. The summed E-state index contributed by atoms with van der Waals surface area (Å²) in [5, 5.41) is 17.5. The van der Waals surface area contributed by atoms with Crippen LogP contribution in [0.2, 0.25) is 0 Å². The maximum absolute atomic E-state index is 12.4. The number of amides is 1. The van der Waals surface area contributed by atoms with Gasteiger partial charge in [0.25, 0.3) is 0 Å². The minimum atomic E-state index is -0.552. The number of ether oxygens (including phenoxy) is 2. The van der Waals surface area contributed by atoms with Gasteiger partial charge in [0.1, 0.15) is 13.2 Å². The predicted molar refractivity (Wildman–Crippen MR) is 88.8 cm³/mol. The Hall–Kier alpha value is -3.10. The second kappa shape index (κ2) is 6.80. The van der Waals surface area contributed by atoms with Crippen molar-refractivity contribution in [1.29, 1.82) is 0 Å². The summed E-state index contributed by atoms with van der Waals surface area (Å²) < 4.78 is 12.4. The number of fused-ring (bicyclic) bond motifs is 1. The zero-order valence-electron chi connectivity index (χ0n) is 13.9. The summed E-state index contributed by atoms with van der Waals surface area (Å²) in [4.78, 5) is 22.6. The molecule has 0 radical (unpaired) electrons. The van der Waals surface area contributed by atoms with Crippen molar-refractivity contribution in [2.75, 3.05) is 18.5 Å². The van der Waals surface area contributed by atoms with Crippen LogP contribution in [0, 0.1) is 23.0 Å². The molecule has 1 aromatic carbocycles. The Morgan fingerprint density at radius 2 is 2.08 bits per heavy atom. The van der Waals surface area contributed by atoms with Crippen molar-refractivity contribution in [3.8, 4) is 11.5 Å². The van der Waals surface area contributed by atoms with Crippen LogP contribution < -0.4 is 14.8 Å². The quantitative estimate of drug-likeness (QED) is 0.656. The van der Waals surface area contributed by atoms with Crippen LogP contribution in [0.4, 0.5) is 11.5 Å². The van der Waals surface area contributed by atoms with Crippen LogP contribution in [-0.4, -0.2) is 33.8 Å². The van der Waals surface area contributed by atoms with Gasteiger partial charge in [-0.2, -0.15) is 4.68 Å². The minimum Gasteiger partial charge on any atom is -0.486 e. The lowest BCUT2D eigenvalue weighted by molar-refractivity contribution is -0.389. The molecule has 0 spiro atoms. The standard InChI is InChI=1S/C16H18N4O5/c1-10(9-19-11(2)7-15(18-19)20(22)23)16(21)17-12-3-4-13-14(8-12)25-6-5-24-13/h3-4,7-8,10H,5-6,9H2,1-2H3,(H,17,21)/t10-/m0/s1. The van der Waals surface area contributed by atoms with Gasteiger partial charge in [-0.15, -0.1) is 0 Å². The monoisotopic (exact) mass is 346 g/mol. The summed E-state index contributed by atoms with van der Waals surface area (Å²) in [6.45, 7) is 4.67. The topological polar surface area (TPSA) is 109 Å². The van der Waals surface area contributed by atoms with Crippen molar-refractivity contribution >= 4 is 17.4 Å². The molecule has 3 rings (SSSR count). The summed E-state index contributed by atoms with van der Waals surface area (Å²) in [6, 6.07) is 6.58. The van der Waals surface area contributed by atoms with Gasteiger partial charge < -0.3 is 24.9 Å². The minimum absolute atomic E-state index is 0.214. The van der Waals surface area contributed by atoms with Gasteiger partial charge in [-0.25, -0.2) is 0 Å². The van der Waals surface area contributed by atoms with Gasteiger partial charge in [0.15, 0.2) is 11.5 Å². The number of aryl methyl sites for hydroxylation is 1. The lowest BCUT2D eigenvalue weighted by atomic mass is 10.1. The maximum Gasteiger partial charge on any atom is 0.390 e. The fourth-order valence-electron chi connectivity index (χ4n) is 2.50. The van der Waals surface area contributed by atoms with Crippen LogP contribution >= 0.6 is 0 Å². The molecule has 1 aliphatic rings. The van der Waals surface area contributed by atoms with Crippen LogP contribution in [0.3, 0.4) is 0 Å². The normalized spacial score (nSPS) is 14.0. The third-order valence-electron chi connectivity index (χ3n) is 3.86. The van der Waals surface area contributed by atoms with Crippen molar-refractivity contribution < 1.29 is 19.2 Å². The first kappa shape index (κ1) is 16.7. The van der Waals surface area contributed by atoms with Crippen molar-refractivity contribution in [2.24, 2.45) is 5.92 Å². The van der Waals surface area contributed by atoms with E-state index in [4.69, 9.17) is 9.47 Å². The van der Waals surface area contributed by atoms with E-state index in [1.165, 1.54) is 10.7 Å². The summed E-state index contributed by atoms with van der Waals surface area (Å²) in [7, 11) is 0. The SMILES string of the molecule is Cc1cc([N+](=O)[O-])nn1C[C@H](C)C(=O)Nc1ccc2c(c1)OCCO2. The Bertz CT molecular complexity index is 817. The van der Waals surface area contributed by atoms with E-state index in [1.54, 1.807) is 32.0 Å². The van der Waals surface area contributed by atoms with Crippen LogP contribution in [0.1, 0.15) is 12.6 Å². The summed E-state index contributed by atoms with van der Waals surface area (Å²) >= 11 is 0. The number of hydrogen-bond donors (Lipinski definition) is 1. The Kier molecular flexibility index (Phi) is 4.55. The van der Waals surface area contributed by atoms with Gasteiger partial charge in [0.05, 0.1) is 29.3 Å². The molecule has 1 N–H and O–H groups in total. The molecule has 0 saturated heterocycles. The van der Waals surface area contributed by atoms with Crippen LogP contribution in [0.5, 0.6) is 11.5 Å². The van der Waals surface area contributed by atoms with E-state index in [-0.39, 0.29) is 18.3 Å². The molecule has 1 aliphatic heterocycles. The van der Waals surface area contributed by atoms with Crippen LogP contribution in [0.15, 0.2) is 24.3 Å². The van der Waals surface area contributed by atoms with E-state index in [0.29, 0.717) is 36.1 Å². The van der Waals surface area contributed by atoms with Gasteiger partial charge in [-0.1, -0.05) is 6.92 Å². The maximum atomic E-state index is 12.4. The number of rotatable bonds is 5. The molecule has 1 aromatic heterocycles. The Morgan fingerprint density at radius 3 is 2.76 bits per heavy atom. The van der Waals surface area contributed by atoms with E-state index in [9.17, 15) is 14.9 Å². The van der Waals surface area contributed by atoms with E-state index in [0.717, 1.165) is 0 Å². The highest BCUT2D eigenvalue weighted by Gasteiger charge is 2.21. The van der Waals surface area contributed by atoms with E-state index in [1.807, 2.05) is 0 Å². The molecule has 0 saturated carbocycles. The average molecular weight is 346 g/mol. The number of hydrogen-bond acceptors (Lipinski definition) is 6. The fourth-order valence-corrected chi connectivity index (χ4v) is 2.50. The van der Waals surface area contributed by atoms with Crippen molar-refractivity contribution in [3.63, 3.8) is 0 Å². The summed E-state index contributed by atoms with van der Waals surface area (Å²) in [6.07, 6.45) is 0. The first-order valence-corrected chi connectivity index (χ1v) is 7.83. The number of carbonyl (C=O) groups is 1. The Labute approximate surface area is 143 Å². The van der Waals surface area contributed by atoms with Gasteiger partial charge >= 0.3 is 5.82 Å². The summed E-state index contributed by atoms with van der Waals surface area (Å²) in [5.74, 6) is 0.379. The Balaban J connectivity index is 1.65. The average Bonchev–Trinajstić information content (AvgIpc) is 2.96. The highest BCUT2D eigenvalue weighted by molar-refractivity contribution is 5.92. The largest absolute Gasteiger partial charge is 0.486 e. The number of aromatic nitrogens is 2. The highest BCUT2D eigenvalue weighted by Crippen LogP contribution is 2.32. The molecule has 9 nitrogen and oxygen atoms in total. The van der Waals surface area contributed by atoms with Crippen molar-refractivity contribution in [1.82, 2.24) is 9.78 Å². The van der Waals surface area contributed by atoms with Crippen molar-refractivity contribution in [3.05, 3.63) is 40.1 Å². The number of nitrogens with one attached hydrogen (secondary N) is 1. The molecule has 0 bridgehead atoms. The van der Waals surface area contributed by atoms with Gasteiger partial charge in [-0.3, -0.25) is 4.79 Å². The first-order chi connectivity index (χ1) is 11.9. The fraction of sp³-hybridized carbons (Fsp3) is 0.375. The third-order valence-corrected chi connectivity index (χ3v) is 3.86. The molecular weight excluding hydrogens is 328 g/mol. The second-order valence-corrected chi connectivity index (χ2v) is 5.83. The molecule has 25 heavy (non-hydrogen) atoms. The highest BCUT2D eigenvalue weighted by atomic mass is 16.6. The molecule has 2 heterocycles. The van der Waals surface area contributed by atoms with Crippen molar-refractivity contribution in [2.45, 2.75) is 20.4 Å². The van der Waals surface area contributed by atoms with Crippen LogP contribution in [-0.2, 0) is 11.3 Å². The predicted octanol–water partition coefficient (Wildman–Crippen LogP) is 2.15. The number of anilines is 1. The zero-order chi connectivity index (χ0) is 18.0. The molecule has 9 heteroatoms. The molecule has 0 unspecified atom stereocenters. The number of nitro groups is 1. The molecule has 2 aromatic rings. The molecule has 1 atom stereocenters. The van der Waals surface area contributed by atoms with E-state index < -0.39 is 10.8 Å². The van der Waals surface area contributed by atoms with E-state index in [2.05, 4.69) is 10.4 Å². The number of nitrogens with zero attached hydrogens (tertiary/aromatic N) is 3. The molecule has 0 fully saturated rings. The smallest absolute Gasteiger partial charge is 0.390 e. The summed E-state index contributed by atoms with van der Waals surface area (Å²) in [5.41, 5.74) is 1.23. The first-order valence-electron chi connectivity index (χ1n) is 7.83. The molecular formula is C16H18N4O5. The lowest BCUT2D eigenvalue weighted by Gasteiger charge is -2.19. The van der Waals surface area contributed by atoms with Gasteiger partial charge in [0, 0.05) is 11.8 Å². The number of benzene rings is 1. The zero-order valence-corrected chi connectivity index (χ0v) is 13.9.